The summed E-state index contributed by atoms with van der Waals surface area (Å²) in [4.78, 5) is 54.8. The van der Waals surface area contributed by atoms with Gasteiger partial charge in [0.15, 0.2) is 0 Å². The molecule has 9 nitrogen and oxygen atoms in total. The highest BCUT2D eigenvalue weighted by molar-refractivity contribution is 5.92. The van der Waals surface area contributed by atoms with Gasteiger partial charge in [-0.3, -0.25) is 14.4 Å². The van der Waals surface area contributed by atoms with Crippen molar-refractivity contribution in [2.75, 3.05) is 13.2 Å². The Bertz CT molecular complexity index is 1050. The molecular weight excluding hydrogens is 534 g/mol. The van der Waals surface area contributed by atoms with Gasteiger partial charge in [-0.25, -0.2) is 4.79 Å². The molecule has 1 rings (SSSR count). The molecule has 0 aliphatic heterocycles. The summed E-state index contributed by atoms with van der Waals surface area (Å²) in [5, 5.41) is 5.63. The summed E-state index contributed by atoms with van der Waals surface area (Å²) in [7, 11) is 0. The van der Waals surface area contributed by atoms with Crippen LogP contribution in [0.15, 0.2) is 30.8 Å². The second-order valence-corrected chi connectivity index (χ2v) is 12.5. The molecule has 1 aromatic rings. The van der Waals surface area contributed by atoms with E-state index < -0.39 is 35.7 Å². The van der Waals surface area contributed by atoms with Gasteiger partial charge in [0.2, 0.25) is 11.8 Å². The quantitative estimate of drug-likeness (QED) is 0.228. The summed E-state index contributed by atoms with van der Waals surface area (Å²) in [5.41, 5.74) is 0.655. The van der Waals surface area contributed by atoms with Crippen LogP contribution in [0.2, 0.25) is 0 Å². The van der Waals surface area contributed by atoms with E-state index in [0.717, 1.165) is 12.0 Å². The third kappa shape index (κ3) is 13.1. The van der Waals surface area contributed by atoms with E-state index in [1.807, 2.05) is 39.0 Å². The molecule has 3 atom stereocenters. The molecule has 236 valence electrons. The molecule has 0 saturated carbocycles. The second-order valence-electron chi connectivity index (χ2n) is 12.5. The molecule has 3 amide bonds. The average Bonchev–Trinajstić information content (AvgIpc) is 2.88. The molecule has 0 aliphatic rings. The number of amides is 3. The van der Waals surface area contributed by atoms with Crippen molar-refractivity contribution in [1.29, 1.82) is 0 Å². The smallest absolute Gasteiger partial charge is 0.408 e. The Hall–Kier alpha value is -3.36. The summed E-state index contributed by atoms with van der Waals surface area (Å²) >= 11 is 0. The molecule has 0 aromatic heterocycles. The fourth-order valence-corrected chi connectivity index (χ4v) is 4.55. The van der Waals surface area contributed by atoms with Crippen molar-refractivity contribution in [2.45, 2.75) is 112 Å². The van der Waals surface area contributed by atoms with Crippen LogP contribution >= 0.6 is 0 Å². The summed E-state index contributed by atoms with van der Waals surface area (Å²) in [6.07, 6.45) is 2.84. The predicted octanol–water partition coefficient (Wildman–Crippen LogP) is 6.03. The number of carbonyl (C=O) groups is 4. The van der Waals surface area contributed by atoms with Gasteiger partial charge in [-0.15, -0.1) is 0 Å². The highest BCUT2D eigenvalue weighted by atomic mass is 16.6. The normalized spacial score (nSPS) is 13.6. The molecule has 0 radical (unpaired) electrons. The fourth-order valence-electron chi connectivity index (χ4n) is 4.55. The first-order valence-electron chi connectivity index (χ1n) is 15.1. The van der Waals surface area contributed by atoms with Crippen molar-refractivity contribution in [3.63, 3.8) is 0 Å². The third-order valence-electron chi connectivity index (χ3n) is 6.51. The van der Waals surface area contributed by atoms with Crippen molar-refractivity contribution < 1.29 is 28.7 Å². The Balaban J connectivity index is 3.63. The van der Waals surface area contributed by atoms with Crippen LogP contribution in [0.1, 0.15) is 105 Å². The Morgan fingerprint density at radius 2 is 1.69 bits per heavy atom. The number of nitrogens with zero attached hydrogens (tertiary/aromatic N) is 1. The first kappa shape index (κ1) is 36.7. The van der Waals surface area contributed by atoms with Crippen LogP contribution in [0.5, 0.6) is 0 Å². The number of ether oxygens (including phenoxy) is 2. The van der Waals surface area contributed by atoms with Crippen molar-refractivity contribution in [3.8, 4) is 0 Å². The summed E-state index contributed by atoms with van der Waals surface area (Å²) in [6, 6.07) is 5.04. The van der Waals surface area contributed by atoms with Crippen molar-refractivity contribution in [3.05, 3.63) is 42.0 Å². The Labute approximate surface area is 252 Å². The van der Waals surface area contributed by atoms with E-state index >= 15 is 0 Å². The minimum absolute atomic E-state index is 0.00597. The average molecular weight is 588 g/mol. The summed E-state index contributed by atoms with van der Waals surface area (Å²) in [6.45, 7) is 21.2. The second kappa shape index (κ2) is 17.6. The van der Waals surface area contributed by atoms with Crippen LogP contribution in [0.3, 0.4) is 0 Å². The molecule has 0 saturated heterocycles. The van der Waals surface area contributed by atoms with Crippen LogP contribution in [0.25, 0.3) is 6.08 Å². The Morgan fingerprint density at radius 1 is 1.02 bits per heavy atom. The number of esters is 1. The van der Waals surface area contributed by atoms with Crippen LogP contribution in [-0.4, -0.2) is 59.6 Å². The van der Waals surface area contributed by atoms with Gasteiger partial charge < -0.3 is 25.0 Å². The lowest BCUT2D eigenvalue weighted by Crippen LogP contribution is -2.56. The first-order chi connectivity index (χ1) is 19.6. The van der Waals surface area contributed by atoms with E-state index in [9.17, 15) is 19.2 Å². The Kier molecular flexibility index (Phi) is 15.3. The van der Waals surface area contributed by atoms with Gasteiger partial charge in [0.25, 0.3) is 0 Å². The van der Waals surface area contributed by atoms with Gasteiger partial charge >= 0.3 is 12.1 Å². The molecule has 0 spiro atoms. The lowest BCUT2D eigenvalue weighted by Gasteiger charge is -2.39. The van der Waals surface area contributed by atoms with E-state index in [-0.39, 0.29) is 37.4 Å². The number of alkyl carbamates (subject to hydrolysis) is 1. The van der Waals surface area contributed by atoms with Crippen LogP contribution in [0.4, 0.5) is 4.79 Å². The molecule has 0 fully saturated rings. The van der Waals surface area contributed by atoms with Gasteiger partial charge in [-0.2, -0.15) is 0 Å². The van der Waals surface area contributed by atoms with Crippen molar-refractivity contribution in [1.82, 2.24) is 15.5 Å². The molecule has 9 heteroatoms. The topological polar surface area (TPSA) is 114 Å². The highest BCUT2D eigenvalue weighted by Gasteiger charge is 2.39. The molecular formula is C33H53N3O6. The van der Waals surface area contributed by atoms with Gasteiger partial charge in [0.1, 0.15) is 17.7 Å². The molecule has 0 bridgehead atoms. The number of carbonyl (C=O) groups excluding carboxylic acids is 4. The standard InChI is InChI=1S/C33H53N3O6/c1-11-25-14-13-15-26(21-25)29(30(38)34-19-18-28(37)41-12-2)36(24(7)17-16-22(3)4)31(39)27(20-23(5)6)35-32(40)42-33(8,9)10/h11,13-15,21-24,27,29H,1,12,16-20H2,2-10H3,(H,34,38)(H,35,40). The predicted molar refractivity (Wildman–Crippen MR) is 167 cm³/mol. The molecule has 0 heterocycles. The maximum absolute atomic E-state index is 14.5. The van der Waals surface area contributed by atoms with E-state index in [1.54, 1.807) is 44.7 Å². The van der Waals surface area contributed by atoms with Crippen molar-refractivity contribution in [2.24, 2.45) is 11.8 Å². The van der Waals surface area contributed by atoms with Gasteiger partial charge in [-0.05, 0) is 82.9 Å². The van der Waals surface area contributed by atoms with Crippen molar-refractivity contribution >= 4 is 30.0 Å². The van der Waals surface area contributed by atoms with E-state index in [0.29, 0.717) is 24.3 Å². The third-order valence-corrected chi connectivity index (χ3v) is 6.51. The monoisotopic (exact) mass is 587 g/mol. The minimum Gasteiger partial charge on any atom is -0.466 e. The fraction of sp³-hybridized carbons (Fsp3) is 0.636. The molecule has 2 N–H and O–H groups in total. The number of hydrogen-bond acceptors (Lipinski definition) is 6. The number of nitrogens with one attached hydrogen (secondary N) is 2. The molecule has 1 aromatic carbocycles. The van der Waals surface area contributed by atoms with E-state index in [2.05, 4.69) is 31.1 Å². The highest BCUT2D eigenvalue weighted by Crippen LogP contribution is 2.29. The minimum atomic E-state index is -1.02. The van der Waals surface area contributed by atoms with Gasteiger partial charge in [0, 0.05) is 12.6 Å². The summed E-state index contributed by atoms with van der Waals surface area (Å²) < 4.78 is 10.5. The lowest BCUT2D eigenvalue weighted by atomic mass is 9.94. The largest absolute Gasteiger partial charge is 0.466 e. The number of hydrogen-bond donors (Lipinski definition) is 2. The van der Waals surface area contributed by atoms with Gasteiger partial charge in [0.05, 0.1) is 13.0 Å². The zero-order chi connectivity index (χ0) is 32.0. The zero-order valence-corrected chi connectivity index (χ0v) is 27.1. The number of benzene rings is 1. The van der Waals surface area contributed by atoms with Crippen LogP contribution in [0, 0.1) is 11.8 Å². The molecule has 3 unspecified atom stereocenters. The summed E-state index contributed by atoms with van der Waals surface area (Å²) in [5.74, 6) is -0.759. The maximum atomic E-state index is 14.5. The molecule has 42 heavy (non-hydrogen) atoms. The van der Waals surface area contributed by atoms with E-state index in [1.165, 1.54) is 0 Å². The van der Waals surface area contributed by atoms with E-state index in [4.69, 9.17) is 9.47 Å². The molecule has 0 aliphatic carbocycles. The zero-order valence-electron chi connectivity index (χ0n) is 27.1. The Morgan fingerprint density at radius 3 is 2.24 bits per heavy atom. The first-order valence-corrected chi connectivity index (χ1v) is 15.1. The maximum Gasteiger partial charge on any atom is 0.408 e. The van der Waals surface area contributed by atoms with Crippen LogP contribution < -0.4 is 10.6 Å². The van der Waals surface area contributed by atoms with Gasteiger partial charge in [-0.1, -0.05) is 58.5 Å². The van der Waals surface area contributed by atoms with Crippen LogP contribution in [-0.2, 0) is 23.9 Å². The lowest BCUT2D eigenvalue weighted by molar-refractivity contribution is -0.146. The number of rotatable bonds is 16. The SMILES string of the molecule is C=Cc1cccc(C(C(=O)NCCC(=O)OCC)N(C(=O)C(CC(C)C)NC(=O)OC(C)(C)C)C(C)CCC(C)C)c1.